The lowest BCUT2D eigenvalue weighted by molar-refractivity contribution is -0.387. The van der Waals surface area contributed by atoms with E-state index < -0.39 is 20.6 Å². The van der Waals surface area contributed by atoms with Gasteiger partial charge in [0.15, 0.2) is 4.90 Å². The second kappa shape index (κ2) is 8.69. The summed E-state index contributed by atoms with van der Waals surface area (Å²) >= 11 is 1.43. The molecule has 0 N–H and O–H groups in total. The number of para-hydroxylation sites is 1. The molecule has 4 rings (SSSR count). The van der Waals surface area contributed by atoms with Crippen molar-refractivity contribution >= 4 is 27.0 Å². The number of aromatic nitrogens is 2. The molecule has 0 radical (unpaired) electrons. The first kappa shape index (κ1) is 21.3. The number of rotatable bonds is 6. The lowest BCUT2D eigenvalue weighted by atomic mass is 10.0. The minimum Gasteiger partial charge on any atom is -0.497 e. The Bertz CT molecular complexity index is 1190. The summed E-state index contributed by atoms with van der Waals surface area (Å²) in [5.41, 5.74) is 0.493. The molecule has 11 heteroatoms. The van der Waals surface area contributed by atoms with Crippen LogP contribution in [0.25, 0.3) is 10.6 Å². The average molecular weight is 461 g/mol. The standard InChI is InChI=1S/C20H20N4O5S2/c1-29-16-10-8-14(9-11-16)19-21-22-20(30-19)15-5-4-12-23(13-15)31(27,28)18-7-3-2-6-17(18)24(25)26/h2-3,6-11,15H,4-5,12-13H2,1H3. The molecule has 1 aliphatic heterocycles. The Balaban J connectivity index is 1.57. The van der Waals surface area contributed by atoms with Crippen molar-refractivity contribution in [2.45, 2.75) is 23.7 Å². The molecule has 0 spiro atoms. The van der Waals surface area contributed by atoms with Crippen molar-refractivity contribution < 1.29 is 18.1 Å². The number of piperidine rings is 1. The van der Waals surface area contributed by atoms with E-state index in [1.54, 1.807) is 7.11 Å². The first-order valence-corrected chi connectivity index (χ1v) is 11.9. The van der Waals surface area contributed by atoms with Gasteiger partial charge in [-0.2, -0.15) is 4.31 Å². The smallest absolute Gasteiger partial charge is 0.289 e. The molecule has 1 aliphatic rings. The average Bonchev–Trinajstić information content (AvgIpc) is 3.29. The first-order valence-electron chi connectivity index (χ1n) is 9.61. The van der Waals surface area contributed by atoms with Gasteiger partial charge in [0.25, 0.3) is 5.69 Å². The lowest BCUT2D eigenvalue weighted by Gasteiger charge is -2.30. The maximum absolute atomic E-state index is 13.2. The van der Waals surface area contributed by atoms with Gasteiger partial charge < -0.3 is 4.74 Å². The SMILES string of the molecule is COc1ccc(-c2nnc(C3CCCN(S(=O)(=O)c4ccccc4[N+](=O)[O-])C3)s2)cc1. The first-order chi connectivity index (χ1) is 14.9. The van der Waals surface area contributed by atoms with Crippen molar-refractivity contribution in [1.29, 1.82) is 0 Å². The van der Waals surface area contributed by atoms with Gasteiger partial charge >= 0.3 is 0 Å². The van der Waals surface area contributed by atoms with Crippen molar-refractivity contribution in [1.82, 2.24) is 14.5 Å². The number of hydrogen-bond donors (Lipinski definition) is 0. The van der Waals surface area contributed by atoms with E-state index in [2.05, 4.69) is 10.2 Å². The molecule has 2 heterocycles. The summed E-state index contributed by atoms with van der Waals surface area (Å²) < 4.78 is 32.8. The Morgan fingerprint density at radius 3 is 2.61 bits per heavy atom. The van der Waals surface area contributed by atoms with E-state index in [-0.39, 0.29) is 17.4 Å². The fourth-order valence-corrected chi connectivity index (χ4v) is 6.23. The van der Waals surface area contributed by atoms with Crippen LogP contribution < -0.4 is 4.74 Å². The fraction of sp³-hybridized carbons (Fsp3) is 0.300. The summed E-state index contributed by atoms with van der Waals surface area (Å²) in [5, 5.41) is 21.4. The van der Waals surface area contributed by atoms with Crippen LogP contribution in [0.15, 0.2) is 53.4 Å². The molecule has 0 aliphatic carbocycles. The van der Waals surface area contributed by atoms with Gasteiger partial charge in [0.2, 0.25) is 10.0 Å². The Morgan fingerprint density at radius 1 is 1.16 bits per heavy atom. The lowest BCUT2D eigenvalue weighted by Crippen LogP contribution is -2.39. The maximum atomic E-state index is 13.2. The maximum Gasteiger partial charge on any atom is 0.289 e. The molecule has 0 saturated carbocycles. The van der Waals surface area contributed by atoms with Gasteiger partial charge in [-0.1, -0.05) is 23.5 Å². The zero-order chi connectivity index (χ0) is 22.0. The van der Waals surface area contributed by atoms with Crippen LogP contribution in [0.1, 0.15) is 23.8 Å². The minimum absolute atomic E-state index is 0.115. The Labute approximate surface area is 183 Å². The number of ether oxygens (including phenoxy) is 1. The van der Waals surface area contributed by atoms with E-state index >= 15 is 0 Å². The summed E-state index contributed by atoms with van der Waals surface area (Å²) in [6.45, 7) is 0.528. The quantitative estimate of drug-likeness (QED) is 0.407. The summed E-state index contributed by atoms with van der Waals surface area (Å²) in [7, 11) is -2.40. The fourth-order valence-electron chi connectivity index (χ4n) is 3.58. The van der Waals surface area contributed by atoms with E-state index in [1.807, 2.05) is 24.3 Å². The molecule has 162 valence electrons. The third kappa shape index (κ3) is 4.29. The van der Waals surface area contributed by atoms with Crippen molar-refractivity contribution in [2.75, 3.05) is 20.2 Å². The van der Waals surface area contributed by atoms with Crippen molar-refractivity contribution in [3.8, 4) is 16.3 Å². The summed E-state index contributed by atoms with van der Waals surface area (Å²) in [4.78, 5) is 10.4. The van der Waals surface area contributed by atoms with E-state index in [0.717, 1.165) is 27.7 Å². The van der Waals surface area contributed by atoms with Gasteiger partial charge in [-0.15, -0.1) is 10.2 Å². The van der Waals surface area contributed by atoms with Crippen LogP contribution in [0.2, 0.25) is 0 Å². The van der Waals surface area contributed by atoms with Crippen LogP contribution in [0.3, 0.4) is 0 Å². The normalized spacial score (nSPS) is 17.4. The highest BCUT2D eigenvalue weighted by atomic mass is 32.2. The molecule has 1 atom stereocenters. The van der Waals surface area contributed by atoms with E-state index in [4.69, 9.17) is 4.74 Å². The number of nitrogens with zero attached hydrogens (tertiary/aromatic N) is 4. The number of nitro benzene ring substituents is 1. The second-order valence-corrected chi connectivity index (χ2v) is 10.0. The highest BCUT2D eigenvalue weighted by Crippen LogP contribution is 2.36. The highest BCUT2D eigenvalue weighted by Gasteiger charge is 2.36. The van der Waals surface area contributed by atoms with Crippen LogP contribution in [0.5, 0.6) is 5.75 Å². The molecule has 1 fully saturated rings. The predicted molar refractivity (Wildman–Crippen MR) is 116 cm³/mol. The molecule has 31 heavy (non-hydrogen) atoms. The van der Waals surface area contributed by atoms with Crippen molar-refractivity contribution in [3.05, 3.63) is 63.7 Å². The third-order valence-electron chi connectivity index (χ3n) is 5.19. The molecule has 9 nitrogen and oxygen atoms in total. The van der Waals surface area contributed by atoms with Crippen molar-refractivity contribution in [2.24, 2.45) is 0 Å². The van der Waals surface area contributed by atoms with E-state index in [0.29, 0.717) is 13.0 Å². The second-order valence-electron chi connectivity index (χ2n) is 7.10. The third-order valence-corrected chi connectivity index (χ3v) is 8.24. The monoisotopic (exact) mass is 460 g/mol. The van der Waals surface area contributed by atoms with Crippen LogP contribution in [0.4, 0.5) is 5.69 Å². The van der Waals surface area contributed by atoms with Crippen LogP contribution >= 0.6 is 11.3 Å². The summed E-state index contributed by atoms with van der Waals surface area (Å²) in [6.07, 6.45) is 1.42. The molecule has 1 unspecified atom stereocenters. The van der Waals surface area contributed by atoms with E-state index in [1.165, 1.54) is 39.9 Å². The minimum atomic E-state index is -4.00. The molecular formula is C20H20N4O5S2. The van der Waals surface area contributed by atoms with E-state index in [9.17, 15) is 18.5 Å². The van der Waals surface area contributed by atoms with Gasteiger partial charge in [-0.05, 0) is 43.2 Å². The highest BCUT2D eigenvalue weighted by molar-refractivity contribution is 7.89. The molecule has 3 aromatic rings. The number of sulfonamides is 1. The van der Waals surface area contributed by atoms with Gasteiger partial charge in [0.1, 0.15) is 15.8 Å². The largest absolute Gasteiger partial charge is 0.497 e. The van der Waals surface area contributed by atoms with Crippen LogP contribution in [-0.4, -0.2) is 48.0 Å². The van der Waals surface area contributed by atoms with Crippen molar-refractivity contribution in [3.63, 3.8) is 0 Å². The van der Waals surface area contributed by atoms with Gasteiger partial charge in [-0.25, -0.2) is 8.42 Å². The molecule has 0 amide bonds. The van der Waals surface area contributed by atoms with Gasteiger partial charge in [0, 0.05) is 30.6 Å². The summed E-state index contributed by atoms with van der Waals surface area (Å²) in [5.74, 6) is 0.632. The molecule has 0 bridgehead atoms. The van der Waals surface area contributed by atoms with Gasteiger partial charge in [-0.3, -0.25) is 10.1 Å². The molecular weight excluding hydrogens is 440 g/mol. The molecule has 1 saturated heterocycles. The Morgan fingerprint density at radius 2 is 1.90 bits per heavy atom. The zero-order valence-electron chi connectivity index (χ0n) is 16.7. The number of benzene rings is 2. The zero-order valence-corrected chi connectivity index (χ0v) is 18.3. The molecule has 2 aromatic carbocycles. The number of methoxy groups -OCH3 is 1. The van der Waals surface area contributed by atoms with Gasteiger partial charge in [0.05, 0.1) is 12.0 Å². The van der Waals surface area contributed by atoms with Crippen LogP contribution in [0, 0.1) is 10.1 Å². The molecule has 1 aromatic heterocycles. The number of hydrogen-bond acceptors (Lipinski definition) is 8. The number of nitro groups is 1. The summed E-state index contributed by atoms with van der Waals surface area (Å²) in [6, 6.07) is 12.9. The predicted octanol–water partition coefficient (Wildman–Crippen LogP) is 3.69. The topological polar surface area (TPSA) is 116 Å². The Hall–Kier alpha value is -2.89. The Kier molecular flexibility index (Phi) is 5.99. The van der Waals surface area contributed by atoms with Crippen LogP contribution in [-0.2, 0) is 10.0 Å².